The second kappa shape index (κ2) is 10.1. The van der Waals surface area contributed by atoms with Gasteiger partial charge in [-0.1, -0.05) is 55.5 Å². The molecule has 172 valence electrons. The van der Waals surface area contributed by atoms with Crippen molar-refractivity contribution in [1.82, 2.24) is 14.9 Å². The van der Waals surface area contributed by atoms with Crippen LogP contribution in [0.4, 0.5) is 4.79 Å². The lowest BCUT2D eigenvalue weighted by Crippen LogP contribution is -2.44. The average molecular weight is 577 g/mol. The maximum atomic E-state index is 12.6. The minimum atomic E-state index is -1.17. The smallest absolute Gasteiger partial charge is 0.407 e. The van der Waals surface area contributed by atoms with E-state index in [4.69, 9.17) is 4.74 Å². The summed E-state index contributed by atoms with van der Waals surface area (Å²) in [7, 11) is 0. The van der Waals surface area contributed by atoms with E-state index in [0.717, 1.165) is 34.5 Å². The van der Waals surface area contributed by atoms with Gasteiger partial charge in [-0.2, -0.15) is 0 Å². The second-order valence-corrected chi connectivity index (χ2v) is 9.33. The first-order valence-corrected chi connectivity index (χ1v) is 12.2. The first kappa shape index (κ1) is 23.5. The van der Waals surface area contributed by atoms with E-state index in [9.17, 15) is 14.7 Å². The summed E-state index contributed by atoms with van der Waals surface area (Å²) in [6.07, 6.45) is 0.770. The standard InChI is InChI=1S/C24H23Br2N3O4/c1-2-7-20-28-21(25)22(26)29(20)12-19(23(30)31)27-24(32)33-13-18-16-10-5-3-8-14(16)15-9-4-6-11-17(15)18/h3-6,8-11,18-19H,2,7,12-13H2,1H3,(H,27,32)(H,30,31). The minimum Gasteiger partial charge on any atom is -0.480 e. The number of rotatable bonds is 8. The number of aryl methyl sites for hydroxylation is 1. The Hall–Kier alpha value is -2.65. The van der Waals surface area contributed by atoms with Gasteiger partial charge in [0.15, 0.2) is 0 Å². The number of hydrogen-bond acceptors (Lipinski definition) is 4. The van der Waals surface area contributed by atoms with Gasteiger partial charge in [0, 0.05) is 12.3 Å². The van der Waals surface area contributed by atoms with Crippen molar-refractivity contribution in [2.45, 2.75) is 38.3 Å². The molecule has 33 heavy (non-hydrogen) atoms. The predicted octanol–water partition coefficient (Wildman–Crippen LogP) is 5.35. The number of alkyl carbamates (subject to hydrolysis) is 1. The van der Waals surface area contributed by atoms with Crippen LogP contribution in [-0.2, 0) is 22.5 Å². The SMILES string of the molecule is CCCc1nc(Br)c(Br)n1CC(NC(=O)OCC1c2ccccc2-c2ccccc21)C(=O)O. The number of halogens is 2. The number of fused-ring (bicyclic) bond motifs is 3. The van der Waals surface area contributed by atoms with E-state index >= 15 is 0 Å². The van der Waals surface area contributed by atoms with Crippen LogP contribution >= 0.6 is 31.9 Å². The number of aromatic nitrogens is 2. The van der Waals surface area contributed by atoms with Gasteiger partial charge < -0.3 is 19.7 Å². The fourth-order valence-corrected chi connectivity index (χ4v) is 5.05. The number of carbonyl (C=O) groups is 2. The number of carboxylic acids is 1. The molecule has 1 atom stereocenters. The molecule has 7 nitrogen and oxygen atoms in total. The zero-order valence-corrected chi connectivity index (χ0v) is 21.1. The molecule has 0 saturated heterocycles. The second-order valence-electron chi connectivity index (χ2n) is 7.83. The van der Waals surface area contributed by atoms with E-state index in [0.29, 0.717) is 15.6 Å². The summed E-state index contributed by atoms with van der Waals surface area (Å²) in [5.74, 6) is -0.513. The minimum absolute atomic E-state index is 0.0219. The normalized spacial score (nSPS) is 13.3. The van der Waals surface area contributed by atoms with Gasteiger partial charge in [0.05, 0.1) is 6.54 Å². The van der Waals surface area contributed by atoms with Crippen LogP contribution < -0.4 is 5.32 Å². The van der Waals surface area contributed by atoms with Crippen LogP contribution in [0.3, 0.4) is 0 Å². The van der Waals surface area contributed by atoms with Crippen LogP contribution in [-0.4, -0.2) is 39.4 Å². The highest BCUT2D eigenvalue weighted by molar-refractivity contribution is 9.13. The van der Waals surface area contributed by atoms with Crippen molar-refractivity contribution in [1.29, 1.82) is 0 Å². The Morgan fingerprint density at radius 2 is 1.73 bits per heavy atom. The number of aliphatic carboxylic acids is 1. The third kappa shape index (κ3) is 4.84. The lowest BCUT2D eigenvalue weighted by atomic mass is 9.98. The molecular weight excluding hydrogens is 554 g/mol. The summed E-state index contributed by atoms with van der Waals surface area (Å²) in [6, 6.07) is 14.9. The van der Waals surface area contributed by atoms with Crippen molar-refractivity contribution < 1.29 is 19.4 Å². The summed E-state index contributed by atoms with van der Waals surface area (Å²) in [6.45, 7) is 2.16. The van der Waals surface area contributed by atoms with Gasteiger partial charge >= 0.3 is 12.1 Å². The number of nitrogens with zero attached hydrogens (tertiary/aromatic N) is 2. The number of amides is 1. The number of carboxylic acid groups (broad SMARTS) is 1. The largest absolute Gasteiger partial charge is 0.480 e. The zero-order valence-electron chi connectivity index (χ0n) is 17.9. The van der Waals surface area contributed by atoms with Crippen LogP contribution in [0.1, 0.15) is 36.2 Å². The van der Waals surface area contributed by atoms with Crippen LogP contribution in [0.2, 0.25) is 0 Å². The van der Waals surface area contributed by atoms with Gasteiger partial charge in [0.2, 0.25) is 0 Å². The molecule has 1 aliphatic rings. The Kier molecular flexibility index (Phi) is 7.19. The van der Waals surface area contributed by atoms with Gasteiger partial charge in [0.25, 0.3) is 0 Å². The average Bonchev–Trinajstić information content (AvgIpc) is 3.26. The maximum Gasteiger partial charge on any atom is 0.407 e. The third-order valence-electron chi connectivity index (χ3n) is 5.72. The molecule has 0 fully saturated rings. The first-order valence-electron chi connectivity index (χ1n) is 10.6. The molecule has 1 heterocycles. The number of imidazole rings is 1. The predicted molar refractivity (Wildman–Crippen MR) is 131 cm³/mol. The van der Waals surface area contributed by atoms with Gasteiger partial charge in [-0.15, -0.1) is 0 Å². The number of ether oxygens (including phenoxy) is 1. The van der Waals surface area contributed by atoms with Crippen LogP contribution in [0.5, 0.6) is 0 Å². The Bertz CT molecular complexity index is 1150. The fraction of sp³-hybridized carbons (Fsp3) is 0.292. The molecular formula is C24H23Br2N3O4. The number of hydrogen-bond donors (Lipinski definition) is 2. The van der Waals surface area contributed by atoms with E-state index in [1.54, 1.807) is 4.57 Å². The third-order valence-corrected chi connectivity index (χ3v) is 7.61. The highest BCUT2D eigenvalue weighted by atomic mass is 79.9. The quantitative estimate of drug-likeness (QED) is 0.377. The van der Waals surface area contributed by atoms with Crippen molar-refractivity contribution in [2.24, 2.45) is 0 Å². The highest BCUT2D eigenvalue weighted by Crippen LogP contribution is 2.44. The van der Waals surface area contributed by atoms with E-state index in [1.165, 1.54) is 0 Å². The van der Waals surface area contributed by atoms with Gasteiger partial charge in [-0.05, 0) is 60.5 Å². The lowest BCUT2D eigenvalue weighted by Gasteiger charge is -2.19. The van der Waals surface area contributed by atoms with Gasteiger partial charge in [-0.25, -0.2) is 14.6 Å². The van der Waals surface area contributed by atoms with Crippen molar-refractivity contribution in [3.63, 3.8) is 0 Å². The summed E-state index contributed by atoms with van der Waals surface area (Å²) in [4.78, 5) is 28.9. The molecule has 0 aliphatic heterocycles. The molecule has 0 spiro atoms. The lowest BCUT2D eigenvalue weighted by molar-refractivity contribution is -0.139. The summed E-state index contributed by atoms with van der Waals surface area (Å²) in [5.41, 5.74) is 4.45. The van der Waals surface area contributed by atoms with Crippen molar-refractivity contribution in [3.05, 3.63) is 74.7 Å². The Morgan fingerprint density at radius 1 is 1.12 bits per heavy atom. The molecule has 2 N–H and O–H groups in total. The number of nitrogens with one attached hydrogen (secondary N) is 1. The molecule has 0 saturated carbocycles. The van der Waals surface area contributed by atoms with Crippen LogP contribution in [0, 0.1) is 0 Å². The highest BCUT2D eigenvalue weighted by Gasteiger charge is 2.30. The Morgan fingerprint density at radius 3 is 2.30 bits per heavy atom. The van der Waals surface area contributed by atoms with Gasteiger partial charge in [-0.3, -0.25) is 0 Å². The molecule has 0 radical (unpaired) electrons. The van der Waals surface area contributed by atoms with Crippen LogP contribution in [0.25, 0.3) is 11.1 Å². The first-order chi connectivity index (χ1) is 15.9. The van der Waals surface area contributed by atoms with E-state index in [2.05, 4.69) is 54.3 Å². The van der Waals surface area contributed by atoms with E-state index < -0.39 is 18.1 Å². The molecule has 9 heteroatoms. The van der Waals surface area contributed by atoms with Gasteiger partial charge in [0.1, 0.15) is 27.7 Å². The number of benzene rings is 2. The molecule has 0 bridgehead atoms. The van der Waals surface area contributed by atoms with Crippen molar-refractivity contribution in [2.75, 3.05) is 6.61 Å². The maximum absolute atomic E-state index is 12.6. The monoisotopic (exact) mass is 575 g/mol. The molecule has 1 unspecified atom stereocenters. The molecule has 1 amide bonds. The summed E-state index contributed by atoms with van der Waals surface area (Å²) >= 11 is 6.80. The Balaban J connectivity index is 1.45. The van der Waals surface area contributed by atoms with Crippen LogP contribution in [0.15, 0.2) is 57.7 Å². The molecule has 2 aromatic carbocycles. The fourth-order valence-electron chi connectivity index (χ4n) is 4.19. The summed E-state index contributed by atoms with van der Waals surface area (Å²) < 4.78 is 8.48. The Labute approximate surface area is 208 Å². The molecule has 1 aliphatic carbocycles. The van der Waals surface area contributed by atoms with Crippen molar-refractivity contribution in [3.8, 4) is 11.1 Å². The zero-order chi connectivity index (χ0) is 23.5. The van der Waals surface area contributed by atoms with E-state index in [1.807, 2.05) is 43.3 Å². The number of carbonyl (C=O) groups excluding carboxylic acids is 1. The molecule has 4 rings (SSSR count). The molecule has 1 aromatic heterocycles. The van der Waals surface area contributed by atoms with Crippen molar-refractivity contribution >= 4 is 43.9 Å². The summed E-state index contributed by atoms with van der Waals surface area (Å²) in [5, 5.41) is 12.2. The topological polar surface area (TPSA) is 93.5 Å². The molecule has 3 aromatic rings. The van der Waals surface area contributed by atoms with E-state index in [-0.39, 0.29) is 19.1 Å².